The van der Waals surface area contributed by atoms with Crippen LogP contribution in [0.1, 0.15) is 11.7 Å². The van der Waals surface area contributed by atoms with Crippen molar-refractivity contribution in [2.45, 2.75) is 6.10 Å². The van der Waals surface area contributed by atoms with Crippen LogP contribution in [0.4, 0.5) is 5.69 Å². The van der Waals surface area contributed by atoms with Crippen molar-refractivity contribution in [2.24, 2.45) is 0 Å². The van der Waals surface area contributed by atoms with E-state index in [-0.39, 0.29) is 6.54 Å². The van der Waals surface area contributed by atoms with E-state index in [0.717, 1.165) is 0 Å². The first-order valence-corrected chi connectivity index (χ1v) is 6.83. The Labute approximate surface area is 126 Å². The average molecular weight is 317 g/mol. The van der Waals surface area contributed by atoms with E-state index in [1.54, 1.807) is 30.3 Å². The van der Waals surface area contributed by atoms with Gasteiger partial charge < -0.3 is 10.4 Å². The third-order valence-electron chi connectivity index (χ3n) is 2.70. The number of benzene rings is 2. The molecule has 0 amide bonds. The molecule has 0 bridgehead atoms. The van der Waals surface area contributed by atoms with Crippen molar-refractivity contribution < 1.29 is 5.11 Å². The summed E-state index contributed by atoms with van der Waals surface area (Å²) in [6, 6.07) is 12.4. The highest BCUT2D eigenvalue weighted by Gasteiger charge is 2.12. The first-order valence-electron chi connectivity index (χ1n) is 5.70. The Morgan fingerprint density at radius 1 is 0.895 bits per heavy atom. The molecule has 0 aromatic heterocycles. The van der Waals surface area contributed by atoms with Gasteiger partial charge in [0.25, 0.3) is 0 Å². The summed E-state index contributed by atoms with van der Waals surface area (Å²) < 4.78 is 0. The molecule has 1 unspecified atom stereocenters. The normalized spacial score (nSPS) is 12.2. The molecular weight excluding hydrogens is 305 g/mol. The van der Waals surface area contributed by atoms with E-state index >= 15 is 0 Å². The number of para-hydroxylation sites is 1. The lowest BCUT2D eigenvalue weighted by atomic mass is 10.1. The van der Waals surface area contributed by atoms with Gasteiger partial charge in [0.2, 0.25) is 0 Å². The Morgan fingerprint density at radius 2 is 1.47 bits per heavy atom. The molecule has 0 radical (unpaired) electrons. The molecule has 5 heteroatoms. The predicted octanol–water partition coefficient (Wildman–Crippen LogP) is 4.79. The summed E-state index contributed by atoms with van der Waals surface area (Å²) in [4.78, 5) is 0. The molecule has 2 rings (SSSR count). The first kappa shape index (κ1) is 14.5. The van der Waals surface area contributed by atoms with Gasteiger partial charge in [-0.2, -0.15) is 0 Å². The minimum absolute atomic E-state index is 0.271. The van der Waals surface area contributed by atoms with Gasteiger partial charge in [-0.25, -0.2) is 0 Å². The number of anilines is 1. The molecule has 0 aliphatic rings. The lowest BCUT2D eigenvalue weighted by Crippen LogP contribution is -2.13. The SMILES string of the molecule is OC(CNc1c(Cl)cccc1Cl)c1ccccc1Cl. The van der Waals surface area contributed by atoms with Crippen LogP contribution in [0, 0.1) is 0 Å². The van der Waals surface area contributed by atoms with E-state index in [9.17, 15) is 5.11 Å². The molecule has 0 aliphatic heterocycles. The number of aliphatic hydroxyl groups is 1. The second-order valence-corrected chi connectivity index (χ2v) is 5.24. The highest BCUT2D eigenvalue weighted by molar-refractivity contribution is 6.39. The average Bonchev–Trinajstić information content (AvgIpc) is 2.38. The summed E-state index contributed by atoms with van der Waals surface area (Å²) in [5.41, 5.74) is 1.27. The van der Waals surface area contributed by atoms with E-state index in [1.807, 2.05) is 12.1 Å². The first-order chi connectivity index (χ1) is 9.09. The lowest BCUT2D eigenvalue weighted by molar-refractivity contribution is 0.192. The smallest absolute Gasteiger partial charge is 0.0976 e. The summed E-state index contributed by atoms with van der Waals surface area (Å²) >= 11 is 18.1. The van der Waals surface area contributed by atoms with Crippen LogP contribution in [0.15, 0.2) is 42.5 Å². The van der Waals surface area contributed by atoms with Gasteiger partial charge in [-0.1, -0.05) is 59.1 Å². The van der Waals surface area contributed by atoms with Crippen LogP contribution in [0.2, 0.25) is 15.1 Å². The van der Waals surface area contributed by atoms with Crippen molar-refractivity contribution in [3.63, 3.8) is 0 Å². The zero-order valence-electron chi connectivity index (χ0n) is 9.91. The number of nitrogens with one attached hydrogen (secondary N) is 1. The minimum atomic E-state index is -0.735. The summed E-state index contributed by atoms with van der Waals surface area (Å²) in [6.07, 6.45) is -0.735. The van der Waals surface area contributed by atoms with Crippen molar-refractivity contribution in [3.8, 4) is 0 Å². The van der Waals surface area contributed by atoms with Gasteiger partial charge in [0.05, 0.1) is 21.8 Å². The Hall–Kier alpha value is -0.930. The fourth-order valence-electron chi connectivity index (χ4n) is 1.72. The highest BCUT2D eigenvalue weighted by atomic mass is 35.5. The maximum absolute atomic E-state index is 10.1. The molecule has 0 saturated heterocycles. The van der Waals surface area contributed by atoms with E-state index in [0.29, 0.717) is 26.3 Å². The van der Waals surface area contributed by atoms with Crippen LogP contribution in [0.25, 0.3) is 0 Å². The molecular formula is C14H12Cl3NO. The van der Waals surface area contributed by atoms with Crippen molar-refractivity contribution >= 4 is 40.5 Å². The molecule has 2 aromatic rings. The van der Waals surface area contributed by atoms with Crippen LogP contribution >= 0.6 is 34.8 Å². The third kappa shape index (κ3) is 3.54. The maximum atomic E-state index is 10.1. The van der Waals surface area contributed by atoms with Gasteiger partial charge in [0.1, 0.15) is 0 Å². The standard InChI is InChI=1S/C14H12Cl3NO/c15-10-5-2-1-4-9(10)13(19)8-18-14-11(16)6-3-7-12(14)17/h1-7,13,18-19H,8H2. The quantitative estimate of drug-likeness (QED) is 0.850. The molecule has 2 N–H and O–H groups in total. The second kappa shape index (κ2) is 6.49. The molecule has 2 aromatic carbocycles. The molecule has 2 nitrogen and oxygen atoms in total. The minimum Gasteiger partial charge on any atom is -0.387 e. The van der Waals surface area contributed by atoms with Gasteiger partial charge in [-0.05, 0) is 18.2 Å². The lowest BCUT2D eigenvalue weighted by Gasteiger charge is -2.16. The molecule has 0 heterocycles. The third-order valence-corrected chi connectivity index (χ3v) is 3.67. The van der Waals surface area contributed by atoms with Crippen molar-refractivity contribution in [1.82, 2.24) is 0 Å². The van der Waals surface area contributed by atoms with E-state index in [1.165, 1.54) is 0 Å². The van der Waals surface area contributed by atoms with Gasteiger partial charge in [0, 0.05) is 17.1 Å². The summed E-state index contributed by atoms with van der Waals surface area (Å²) in [6.45, 7) is 0.271. The number of aliphatic hydroxyl groups excluding tert-OH is 1. The number of hydrogen-bond donors (Lipinski definition) is 2. The van der Waals surface area contributed by atoms with Crippen LogP contribution in [-0.2, 0) is 0 Å². The summed E-state index contributed by atoms with van der Waals surface area (Å²) in [7, 11) is 0. The highest BCUT2D eigenvalue weighted by Crippen LogP contribution is 2.31. The van der Waals surface area contributed by atoms with Crippen LogP contribution in [0.5, 0.6) is 0 Å². The van der Waals surface area contributed by atoms with Gasteiger partial charge in [0.15, 0.2) is 0 Å². The number of hydrogen-bond acceptors (Lipinski definition) is 2. The van der Waals surface area contributed by atoms with Crippen LogP contribution in [0.3, 0.4) is 0 Å². The summed E-state index contributed by atoms with van der Waals surface area (Å²) in [5.74, 6) is 0. The Kier molecular flexibility index (Phi) is 4.94. The van der Waals surface area contributed by atoms with Gasteiger partial charge in [-0.15, -0.1) is 0 Å². The summed E-state index contributed by atoms with van der Waals surface area (Å²) in [5, 5.41) is 14.7. The monoisotopic (exact) mass is 315 g/mol. The molecule has 1 atom stereocenters. The Morgan fingerprint density at radius 3 is 2.11 bits per heavy atom. The fraction of sp³-hybridized carbons (Fsp3) is 0.143. The predicted molar refractivity (Wildman–Crippen MR) is 81.4 cm³/mol. The topological polar surface area (TPSA) is 32.3 Å². The molecule has 0 spiro atoms. The van der Waals surface area contributed by atoms with E-state index < -0.39 is 6.10 Å². The van der Waals surface area contributed by atoms with Gasteiger partial charge >= 0.3 is 0 Å². The molecule has 100 valence electrons. The Bertz CT molecular complexity index is 554. The zero-order chi connectivity index (χ0) is 13.8. The largest absolute Gasteiger partial charge is 0.387 e. The molecule has 19 heavy (non-hydrogen) atoms. The molecule has 0 saturated carbocycles. The number of halogens is 3. The van der Waals surface area contributed by atoms with E-state index in [4.69, 9.17) is 34.8 Å². The molecule has 0 fully saturated rings. The van der Waals surface area contributed by atoms with E-state index in [2.05, 4.69) is 5.32 Å². The molecule has 0 aliphatic carbocycles. The van der Waals surface area contributed by atoms with Crippen molar-refractivity contribution in [2.75, 3.05) is 11.9 Å². The van der Waals surface area contributed by atoms with Crippen LogP contribution in [-0.4, -0.2) is 11.7 Å². The Balaban J connectivity index is 2.09. The van der Waals surface area contributed by atoms with Crippen LogP contribution < -0.4 is 5.32 Å². The zero-order valence-corrected chi connectivity index (χ0v) is 12.2. The second-order valence-electron chi connectivity index (χ2n) is 4.01. The van der Waals surface area contributed by atoms with Crippen molar-refractivity contribution in [1.29, 1.82) is 0 Å². The fourth-order valence-corrected chi connectivity index (χ4v) is 2.51. The maximum Gasteiger partial charge on any atom is 0.0976 e. The number of rotatable bonds is 4. The van der Waals surface area contributed by atoms with Gasteiger partial charge in [-0.3, -0.25) is 0 Å². The van der Waals surface area contributed by atoms with Crippen molar-refractivity contribution in [3.05, 3.63) is 63.1 Å².